The highest BCUT2D eigenvalue weighted by Gasteiger charge is 2.22. The van der Waals surface area contributed by atoms with Crippen molar-refractivity contribution in [3.8, 4) is 5.75 Å². The number of benzene rings is 2. The molecule has 2 aliphatic rings. The van der Waals surface area contributed by atoms with Crippen molar-refractivity contribution in [1.82, 2.24) is 5.32 Å². The number of anilines is 1. The predicted molar refractivity (Wildman–Crippen MR) is 95.8 cm³/mol. The quantitative estimate of drug-likeness (QED) is 0.911. The fraction of sp³-hybridized carbons (Fsp3) is 0.350. The monoisotopic (exact) mass is 338 g/mol. The number of amides is 1. The molecule has 5 nitrogen and oxygen atoms in total. The third-order valence-electron chi connectivity index (χ3n) is 4.70. The van der Waals surface area contributed by atoms with Crippen LogP contribution in [-0.4, -0.2) is 32.4 Å². The third-order valence-corrected chi connectivity index (χ3v) is 4.70. The molecule has 2 aromatic carbocycles. The van der Waals surface area contributed by atoms with Gasteiger partial charge in [0.2, 0.25) is 0 Å². The van der Waals surface area contributed by atoms with Crippen LogP contribution in [0.15, 0.2) is 48.5 Å². The molecule has 0 radical (unpaired) electrons. The second kappa shape index (κ2) is 7.15. The molecular weight excluding hydrogens is 316 g/mol. The zero-order chi connectivity index (χ0) is 17.1. The first-order valence-corrected chi connectivity index (χ1v) is 8.71. The molecule has 0 saturated carbocycles. The van der Waals surface area contributed by atoms with Crippen LogP contribution in [0, 0.1) is 5.92 Å². The minimum Gasteiger partial charge on any atom is -0.493 e. The first-order chi connectivity index (χ1) is 12.3. The summed E-state index contributed by atoms with van der Waals surface area (Å²) >= 11 is 0. The van der Waals surface area contributed by atoms with Crippen LogP contribution < -0.4 is 15.0 Å². The Balaban J connectivity index is 1.45. The Morgan fingerprint density at radius 3 is 3.00 bits per heavy atom. The summed E-state index contributed by atoms with van der Waals surface area (Å²) in [7, 11) is 0. The number of ether oxygens (including phenoxy) is 2. The maximum absolute atomic E-state index is 12.0. The Bertz CT molecular complexity index is 756. The minimum atomic E-state index is -0.0114. The number of hydrogen-bond donors (Lipinski definition) is 1. The molecule has 25 heavy (non-hydrogen) atoms. The highest BCUT2D eigenvalue weighted by molar-refractivity contribution is 6.01. The Morgan fingerprint density at radius 2 is 2.12 bits per heavy atom. The van der Waals surface area contributed by atoms with Crippen molar-refractivity contribution in [2.45, 2.75) is 13.0 Å². The van der Waals surface area contributed by atoms with Gasteiger partial charge in [-0.15, -0.1) is 0 Å². The van der Waals surface area contributed by atoms with E-state index in [9.17, 15) is 4.79 Å². The smallest absolute Gasteiger partial charge is 0.254 e. The van der Waals surface area contributed by atoms with E-state index in [1.54, 1.807) is 0 Å². The number of rotatable bonds is 5. The van der Waals surface area contributed by atoms with Crippen LogP contribution in [0.5, 0.6) is 5.75 Å². The fourth-order valence-corrected chi connectivity index (χ4v) is 3.31. The van der Waals surface area contributed by atoms with Gasteiger partial charge in [0, 0.05) is 19.1 Å². The lowest BCUT2D eigenvalue weighted by molar-refractivity contribution is 0.0947. The van der Waals surface area contributed by atoms with E-state index in [1.165, 1.54) is 0 Å². The van der Waals surface area contributed by atoms with Crippen molar-refractivity contribution in [1.29, 1.82) is 0 Å². The Morgan fingerprint density at radius 1 is 1.20 bits per heavy atom. The van der Waals surface area contributed by atoms with E-state index in [0.717, 1.165) is 48.7 Å². The van der Waals surface area contributed by atoms with Crippen molar-refractivity contribution < 1.29 is 14.3 Å². The van der Waals surface area contributed by atoms with Crippen molar-refractivity contribution >= 4 is 11.6 Å². The van der Waals surface area contributed by atoms with Crippen LogP contribution in [-0.2, 0) is 11.3 Å². The molecule has 1 amide bonds. The molecule has 1 N–H and O–H groups in total. The summed E-state index contributed by atoms with van der Waals surface area (Å²) in [5.41, 5.74) is 2.86. The van der Waals surface area contributed by atoms with E-state index in [2.05, 4.69) is 22.3 Å². The van der Waals surface area contributed by atoms with Gasteiger partial charge in [-0.05, 0) is 36.2 Å². The number of hydrogen-bond acceptors (Lipinski definition) is 4. The maximum atomic E-state index is 12.0. The number of para-hydroxylation sites is 1. The fourth-order valence-electron chi connectivity index (χ4n) is 3.31. The highest BCUT2D eigenvalue weighted by atomic mass is 16.5. The van der Waals surface area contributed by atoms with Crippen LogP contribution in [0.2, 0.25) is 0 Å². The van der Waals surface area contributed by atoms with Crippen molar-refractivity contribution in [2.75, 3.05) is 31.4 Å². The van der Waals surface area contributed by atoms with Gasteiger partial charge in [-0.25, -0.2) is 0 Å². The van der Waals surface area contributed by atoms with E-state index < -0.39 is 0 Å². The summed E-state index contributed by atoms with van der Waals surface area (Å²) in [5.74, 6) is 1.37. The van der Waals surface area contributed by atoms with Crippen LogP contribution in [0.3, 0.4) is 0 Å². The number of fused-ring (bicyclic) bond motifs is 1. The summed E-state index contributed by atoms with van der Waals surface area (Å²) in [5, 5.41) is 2.93. The van der Waals surface area contributed by atoms with Gasteiger partial charge in [-0.3, -0.25) is 4.79 Å². The molecule has 1 saturated heterocycles. The molecule has 0 aliphatic carbocycles. The highest BCUT2D eigenvalue weighted by Crippen LogP contribution is 2.26. The predicted octanol–water partition coefficient (Wildman–Crippen LogP) is 2.81. The molecule has 1 fully saturated rings. The molecule has 1 atom stereocenters. The van der Waals surface area contributed by atoms with Gasteiger partial charge in [0.25, 0.3) is 5.91 Å². The normalized spacial score (nSPS) is 19.4. The zero-order valence-corrected chi connectivity index (χ0v) is 14.1. The third kappa shape index (κ3) is 3.61. The Hall–Kier alpha value is -2.53. The largest absolute Gasteiger partial charge is 0.493 e. The average Bonchev–Trinajstić information content (AvgIpc) is 3.17. The molecule has 2 heterocycles. The van der Waals surface area contributed by atoms with Gasteiger partial charge in [0.15, 0.2) is 0 Å². The summed E-state index contributed by atoms with van der Waals surface area (Å²) in [6, 6.07) is 15.9. The number of carbonyl (C=O) groups excluding carboxylic acids is 1. The van der Waals surface area contributed by atoms with Crippen LogP contribution in [0.25, 0.3) is 0 Å². The van der Waals surface area contributed by atoms with Crippen LogP contribution in [0.4, 0.5) is 5.69 Å². The van der Waals surface area contributed by atoms with Gasteiger partial charge in [-0.2, -0.15) is 0 Å². The van der Waals surface area contributed by atoms with Gasteiger partial charge in [0.05, 0.1) is 31.1 Å². The standard InChI is InChI=1S/C20H22N2O3/c23-20-18-6-1-2-7-19(18)22(14-21-20)11-15-4-3-5-17(10-15)25-13-16-8-9-24-12-16/h1-7,10,16H,8-9,11-14H2,(H,21,23). The number of nitrogens with zero attached hydrogens (tertiary/aromatic N) is 1. The average molecular weight is 338 g/mol. The molecule has 4 rings (SSSR count). The molecule has 5 heteroatoms. The summed E-state index contributed by atoms with van der Waals surface area (Å²) in [6.45, 7) is 3.57. The summed E-state index contributed by atoms with van der Waals surface area (Å²) < 4.78 is 11.3. The van der Waals surface area contributed by atoms with E-state index >= 15 is 0 Å². The molecule has 1 unspecified atom stereocenters. The van der Waals surface area contributed by atoms with Gasteiger partial charge < -0.3 is 19.7 Å². The van der Waals surface area contributed by atoms with Gasteiger partial charge in [0.1, 0.15) is 5.75 Å². The topological polar surface area (TPSA) is 50.8 Å². The summed E-state index contributed by atoms with van der Waals surface area (Å²) in [6.07, 6.45) is 1.07. The Labute approximate surface area is 147 Å². The van der Waals surface area contributed by atoms with E-state index in [0.29, 0.717) is 19.2 Å². The first kappa shape index (κ1) is 16.0. The molecule has 2 aliphatic heterocycles. The van der Waals surface area contributed by atoms with Crippen LogP contribution in [0.1, 0.15) is 22.3 Å². The SMILES string of the molecule is O=C1NCN(Cc2cccc(OCC3CCOC3)c2)c2ccccc21. The molecule has 0 spiro atoms. The van der Waals surface area contributed by atoms with Crippen LogP contribution >= 0.6 is 0 Å². The van der Waals surface area contributed by atoms with Crippen molar-refractivity contribution in [3.63, 3.8) is 0 Å². The lowest BCUT2D eigenvalue weighted by atomic mass is 10.1. The lowest BCUT2D eigenvalue weighted by Crippen LogP contribution is -2.42. The summed E-state index contributed by atoms with van der Waals surface area (Å²) in [4.78, 5) is 14.1. The first-order valence-electron chi connectivity index (χ1n) is 8.71. The minimum absolute atomic E-state index is 0.0114. The molecule has 0 aromatic heterocycles. The maximum Gasteiger partial charge on any atom is 0.254 e. The lowest BCUT2D eigenvalue weighted by Gasteiger charge is -2.31. The molecular formula is C20H22N2O3. The van der Waals surface area contributed by atoms with Gasteiger partial charge in [-0.1, -0.05) is 24.3 Å². The molecule has 130 valence electrons. The number of nitrogens with one attached hydrogen (secondary N) is 1. The molecule has 0 bridgehead atoms. The van der Waals surface area contributed by atoms with Crippen molar-refractivity contribution in [2.24, 2.45) is 5.92 Å². The second-order valence-corrected chi connectivity index (χ2v) is 6.57. The van der Waals surface area contributed by atoms with E-state index in [4.69, 9.17) is 9.47 Å². The zero-order valence-electron chi connectivity index (χ0n) is 14.1. The Kier molecular flexibility index (Phi) is 4.57. The second-order valence-electron chi connectivity index (χ2n) is 6.57. The number of carbonyl (C=O) groups is 1. The van der Waals surface area contributed by atoms with E-state index in [-0.39, 0.29) is 5.91 Å². The molecule has 2 aromatic rings. The van der Waals surface area contributed by atoms with E-state index in [1.807, 2.05) is 36.4 Å². The van der Waals surface area contributed by atoms with Gasteiger partial charge >= 0.3 is 0 Å². The van der Waals surface area contributed by atoms with Crippen molar-refractivity contribution in [3.05, 3.63) is 59.7 Å².